The Morgan fingerprint density at radius 3 is 2.37 bits per heavy atom. The highest BCUT2D eigenvalue weighted by Gasteiger charge is 2.43. The minimum atomic E-state index is -4.18. The number of hydrogen-bond acceptors (Lipinski definition) is 6. The van der Waals surface area contributed by atoms with E-state index < -0.39 is 27.9 Å². The van der Waals surface area contributed by atoms with Crippen LogP contribution in [0.25, 0.3) is 0 Å². The van der Waals surface area contributed by atoms with Crippen molar-refractivity contribution in [2.24, 2.45) is 0 Å². The van der Waals surface area contributed by atoms with E-state index in [-0.39, 0.29) is 49.3 Å². The first-order chi connectivity index (χ1) is 17.9. The van der Waals surface area contributed by atoms with Crippen LogP contribution in [0.1, 0.15) is 38.3 Å². The number of rotatable bonds is 10. The molecule has 2 aromatic rings. The maximum absolute atomic E-state index is 13.9. The number of hydrogen-bond donors (Lipinski definition) is 1. The van der Waals surface area contributed by atoms with E-state index in [1.54, 1.807) is 4.90 Å². The SMILES string of the molecule is COc1ccc(S(=O)(=O)N2CCN(C(C)=O)CC2C(=O)N(Cc2ccccc2)C(C)C)cc1CCC(=O)O. The summed E-state index contributed by atoms with van der Waals surface area (Å²) < 4.78 is 34.3. The minimum Gasteiger partial charge on any atom is -0.496 e. The van der Waals surface area contributed by atoms with Gasteiger partial charge < -0.3 is 19.6 Å². The van der Waals surface area contributed by atoms with Crippen LogP contribution in [0.5, 0.6) is 5.75 Å². The van der Waals surface area contributed by atoms with Gasteiger partial charge in [0.2, 0.25) is 21.8 Å². The van der Waals surface area contributed by atoms with Crippen molar-refractivity contribution in [3.63, 3.8) is 0 Å². The molecule has 38 heavy (non-hydrogen) atoms. The van der Waals surface area contributed by atoms with Crippen LogP contribution in [0.4, 0.5) is 0 Å². The zero-order valence-corrected chi connectivity index (χ0v) is 23.0. The molecule has 0 saturated carbocycles. The van der Waals surface area contributed by atoms with Gasteiger partial charge in [0.15, 0.2) is 0 Å². The highest BCUT2D eigenvalue weighted by molar-refractivity contribution is 7.89. The topological polar surface area (TPSA) is 125 Å². The standard InChI is InChI=1S/C27H35N3O7S/c1-19(2)29(17-21-8-6-5-7-9-21)27(34)24-18-28(20(3)31)14-15-30(24)38(35,36)23-11-12-25(37-4)22(16-23)10-13-26(32)33/h5-9,11-12,16,19,24H,10,13-15,17-18H2,1-4H3,(H,32,33). The predicted molar refractivity (Wildman–Crippen MR) is 141 cm³/mol. The predicted octanol–water partition coefficient (Wildman–Crippen LogP) is 2.37. The average molecular weight is 546 g/mol. The highest BCUT2D eigenvalue weighted by atomic mass is 32.2. The Morgan fingerprint density at radius 2 is 1.79 bits per heavy atom. The van der Waals surface area contributed by atoms with Crippen LogP contribution in [0.2, 0.25) is 0 Å². The molecule has 0 spiro atoms. The summed E-state index contributed by atoms with van der Waals surface area (Å²) in [5.74, 6) is -1.26. The first kappa shape index (κ1) is 29.1. The summed E-state index contributed by atoms with van der Waals surface area (Å²) in [6.07, 6.45) is -0.109. The van der Waals surface area contributed by atoms with E-state index in [9.17, 15) is 22.8 Å². The van der Waals surface area contributed by atoms with Crippen molar-refractivity contribution in [1.29, 1.82) is 0 Å². The summed E-state index contributed by atoms with van der Waals surface area (Å²) in [6.45, 7) is 5.46. The van der Waals surface area contributed by atoms with Crippen molar-refractivity contribution in [3.8, 4) is 5.75 Å². The zero-order chi connectivity index (χ0) is 28.0. The Hall–Kier alpha value is -3.44. The summed E-state index contributed by atoms with van der Waals surface area (Å²) in [4.78, 5) is 40.3. The lowest BCUT2D eigenvalue weighted by Gasteiger charge is -2.42. The molecule has 0 aliphatic carbocycles. The molecule has 2 aromatic carbocycles. The molecule has 1 saturated heterocycles. The van der Waals surface area contributed by atoms with Crippen LogP contribution in [0.3, 0.4) is 0 Å². The summed E-state index contributed by atoms with van der Waals surface area (Å²) in [5, 5.41) is 9.10. The molecule has 0 radical (unpaired) electrons. The van der Waals surface area contributed by atoms with Crippen LogP contribution in [0.15, 0.2) is 53.4 Å². The maximum atomic E-state index is 13.9. The molecule has 1 fully saturated rings. The number of nitrogens with zero attached hydrogens (tertiary/aromatic N) is 3. The van der Waals surface area contributed by atoms with E-state index in [1.165, 1.54) is 37.1 Å². The summed E-state index contributed by atoms with van der Waals surface area (Å²) in [6, 6.07) is 12.4. The second kappa shape index (κ2) is 12.4. The van der Waals surface area contributed by atoms with E-state index in [0.29, 0.717) is 17.9 Å². The van der Waals surface area contributed by atoms with Crippen LogP contribution < -0.4 is 4.74 Å². The Balaban J connectivity index is 2.00. The van der Waals surface area contributed by atoms with Crippen molar-refractivity contribution in [3.05, 3.63) is 59.7 Å². The van der Waals surface area contributed by atoms with Gasteiger partial charge in [-0.05, 0) is 49.6 Å². The monoisotopic (exact) mass is 545 g/mol. The number of carbonyl (C=O) groups excluding carboxylic acids is 2. The second-order valence-electron chi connectivity index (χ2n) is 9.51. The van der Waals surface area contributed by atoms with Gasteiger partial charge in [-0.3, -0.25) is 14.4 Å². The lowest BCUT2D eigenvalue weighted by Crippen LogP contribution is -2.62. The van der Waals surface area contributed by atoms with Gasteiger partial charge in [-0.25, -0.2) is 8.42 Å². The number of ether oxygens (including phenoxy) is 1. The van der Waals surface area contributed by atoms with E-state index in [2.05, 4.69) is 0 Å². The molecule has 10 nitrogen and oxygen atoms in total. The fourth-order valence-corrected chi connectivity index (χ4v) is 6.13. The van der Waals surface area contributed by atoms with Crippen LogP contribution in [-0.2, 0) is 37.4 Å². The van der Waals surface area contributed by atoms with Crippen molar-refractivity contribution < 1.29 is 32.6 Å². The van der Waals surface area contributed by atoms with Crippen LogP contribution in [0, 0.1) is 0 Å². The van der Waals surface area contributed by atoms with E-state index in [0.717, 1.165) is 9.87 Å². The first-order valence-corrected chi connectivity index (χ1v) is 13.9. The number of piperazine rings is 1. The van der Waals surface area contributed by atoms with Gasteiger partial charge in [0.25, 0.3) is 0 Å². The average Bonchev–Trinajstić information content (AvgIpc) is 2.89. The summed E-state index contributed by atoms with van der Waals surface area (Å²) in [5.41, 5.74) is 1.34. The van der Waals surface area contributed by atoms with Gasteiger partial charge in [-0.1, -0.05) is 30.3 Å². The van der Waals surface area contributed by atoms with Crippen LogP contribution >= 0.6 is 0 Å². The number of amides is 2. The molecule has 1 aliphatic rings. The first-order valence-electron chi connectivity index (χ1n) is 12.5. The largest absolute Gasteiger partial charge is 0.496 e. The molecule has 1 heterocycles. The molecule has 206 valence electrons. The van der Waals surface area contributed by atoms with E-state index in [4.69, 9.17) is 9.84 Å². The smallest absolute Gasteiger partial charge is 0.303 e. The molecule has 1 N–H and O–H groups in total. The van der Waals surface area contributed by atoms with E-state index in [1.807, 2.05) is 44.2 Å². The van der Waals surface area contributed by atoms with Crippen molar-refractivity contribution in [1.82, 2.24) is 14.1 Å². The fraction of sp³-hybridized carbons (Fsp3) is 0.444. The van der Waals surface area contributed by atoms with Crippen molar-refractivity contribution in [2.45, 2.75) is 57.1 Å². The third-order valence-corrected chi connectivity index (χ3v) is 8.53. The molecule has 1 unspecified atom stereocenters. The maximum Gasteiger partial charge on any atom is 0.303 e. The lowest BCUT2D eigenvalue weighted by atomic mass is 10.1. The Kier molecular flexibility index (Phi) is 9.50. The van der Waals surface area contributed by atoms with Gasteiger partial charge >= 0.3 is 5.97 Å². The molecule has 1 aliphatic heterocycles. The third-order valence-electron chi connectivity index (χ3n) is 6.63. The number of benzene rings is 2. The number of aliphatic carboxylic acids is 1. The number of methoxy groups -OCH3 is 1. The number of aryl methyl sites for hydroxylation is 1. The molecule has 2 amide bonds. The molecular formula is C27H35N3O7S. The molecule has 0 bridgehead atoms. The third kappa shape index (κ3) is 6.70. The normalized spacial score (nSPS) is 16.3. The quantitative estimate of drug-likeness (QED) is 0.486. The van der Waals surface area contributed by atoms with Crippen molar-refractivity contribution >= 4 is 27.8 Å². The number of carboxylic acids is 1. The zero-order valence-electron chi connectivity index (χ0n) is 22.2. The van der Waals surface area contributed by atoms with E-state index >= 15 is 0 Å². The van der Waals surface area contributed by atoms with Gasteiger partial charge in [0.1, 0.15) is 11.8 Å². The molecular weight excluding hydrogens is 510 g/mol. The Morgan fingerprint density at radius 1 is 1.11 bits per heavy atom. The minimum absolute atomic E-state index is 0.0495. The van der Waals surface area contributed by atoms with Crippen molar-refractivity contribution in [2.75, 3.05) is 26.7 Å². The molecule has 3 rings (SSSR count). The number of carbonyl (C=O) groups is 3. The summed E-state index contributed by atoms with van der Waals surface area (Å²) >= 11 is 0. The number of sulfonamides is 1. The lowest BCUT2D eigenvalue weighted by molar-refractivity contribution is -0.142. The van der Waals surface area contributed by atoms with Crippen LogP contribution in [-0.4, -0.2) is 84.2 Å². The number of carboxylic acid groups (broad SMARTS) is 1. The highest BCUT2D eigenvalue weighted by Crippen LogP contribution is 2.29. The van der Waals surface area contributed by atoms with Gasteiger partial charge in [0.05, 0.1) is 12.0 Å². The fourth-order valence-electron chi connectivity index (χ4n) is 4.52. The van der Waals surface area contributed by atoms with Gasteiger partial charge in [-0.2, -0.15) is 4.31 Å². The molecule has 11 heteroatoms. The van der Waals surface area contributed by atoms with Gasteiger partial charge in [-0.15, -0.1) is 0 Å². The second-order valence-corrected chi connectivity index (χ2v) is 11.4. The Labute approximate surface area is 223 Å². The van der Waals surface area contributed by atoms with Gasteiger partial charge in [0, 0.05) is 45.6 Å². The summed E-state index contributed by atoms with van der Waals surface area (Å²) in [7, 11) is -2.75. The Bertz CT molecular complexity index is 1260. The molecule has 0 aromatic heterocycles. The molecule has 1 atom stereocenters.